The molecule has 0 amide bonds. The van der Waals surface area contributed by atoms with Crippen LogP contribution < -0.4 is 30.5 Å². The second kappa shape index (κ2) is 6.21. The van der Waals surface area contributed by atoms with Gasteiger partial charge < -0.3 is 14.2 Å². The van der Waals surface area contributed by atoms with Crippen molar-refractivity contribution in [2.24, 2.45) is 0 Å². The van der Waals surface area contributed by atoms with Crippen LogP contribution >= 0.6 is 0 Å². The third-order valence-electron chi connectivity index (χ3n) is 4.34. The summed E-state index contributed by atoms with van der Waals surface area (Å²) in [4.78, 5) is 19.6. The van der Waals surface area contributed by atoms with Crippen molar-refractivity contribution in [2.75, 3.05) is 21.3 Å². The number of benzene rings is 1. The van der Waals surface area contributed by atoms with Crippen molar-refractivity contribution in [1.29, 1.82) is 0 Å². The van der Waals surface area contributed by atoms with Gasteiger partial charge in [-0.2, -0.15) is 9.61 Å². The summed E-state index contributed by atoms with van der Waals surface area (Å²) in [6, 6.07) is 3.55. The molecule has 26 heavy (non-hydrogen) atoms. The Kier molecular flexibility index (Phi) is 3.87. The summed E-state index contributed by atoms with van der Waals surface area (Å²) in [5.74, 6) is 1.94. The van der Waals surface area contributed by atoms with E-state index in [-0.39, 0.29) is 5.56 Å². The van der Waals surface area contributed by atoms with Crippen LogP contribution in [0.1, 0.15) is 17.7 Å². The average molecular weight is 354 g/mol. The van der Waals surface area contributed by atoms with E-state index in [9.17, 15) is 4.79 Å². The van der Waals surface area contributed by atoms with Gasteiger partial charge in [0.15, 0.2) is 11.5 Å². The van der Waals surface area contributed by atoms with Crippen LogP contribution in [0.4, 0.5) is 0 Å². The number of hydrogen-bond acceptors (Lipinski definition) is 6. The SMILES string of the molecule is COc1cc(/C=c2/c(=O)[nH]c3nc4c(nn23)CCC=4)cc(OC)c1OC. The van der Waals surface area contributed by atoms with Gasteiger partial charge in [0.05, 0.1) is 32.4 Å². The fourth-order valence-electron chi connectivity index (χ4n) is 3.11. The van der Waals surface area contributed by atoms with Crippen LogP contribution in [0, 0.1) is 0 Å². The van der Waals surface area contributed by atoms with Gasteiger partial charge in [0, 0.05) is 0 Å². The Hall–Kier alpha value is -3.29. The van der Waals surface area contributed by atoms with Gasteiger partial charge in [-0.05, 0) is 36.6 Å². The number of aromatic nitrogens is 4. The molecule has 0 aliphatic heterocycles. The minimum absolute atomic E-state index is 0.262. The maximum Gasteiger partial charge on any atom is 0.276 e. The number of aryl methyl sites for hydroxylation is 1. The summed E-state index contributed by atoms with van der Waals surface area (Å²) in [5.41, 5.74) is 1.35. The lowest BCUT2D eigenvalue weighted by Crippen LogP contribution is -2.28. The number of rotatable bonds is 4. The molecular weight excluding hydrogens is 336 g/mol. The van der Waals surface area contributed by atoms with E-state index in [1.807, 2.05) is 6.08 Å². The first kappa shape index (κ1) is 16.2. The lowest BCUT2D eigenvalue weighted by molar-refractivity contribution is 0.324. The molecule has 2 aromatic heterocycles. The maximum absolute atomic E-state index is 12.4. The number of hydrogen-bond donors (Lipinski definition) is 1. The average Bonchev–Trinajstić information content (AvgIpc) is 3.22. The molecule has 4 rings (SSSR count). The lowest BCUT2D eigenvalue weighted by Gasteiger charge is -2.12. The molecule has 0 saturated heterocycles. The number of ether oxygens (including phenoxy) is 3. The number of fused-ring (bicyclic) bond motifs is 2. The normalized spacial score (nSPS) is 13.6. The van der Waals surface area contributed by atoms with E-state index >= 15 is 0 Å². The first-order chi connectivity index (χ1) is 12.6. The van der Waals surface area contributed by atoms with Crippen LogP contribution in [0.15, 0.2) is 16.9 Å². The van der Waals surface area contributed by atoms with Crippen LogP contribution in [0.3, 0.4) is 0 Å². The molecule has 134 valence electrons. The van der Waals surface area contributed by atoms with Crippen LogP contribution in [-0.4, -0.2) is 40.9 Å². The Labute approximate surface area is 148 Å². The van der Waals surface area contributed by atoms with Gasteiger partial charge in [0.1, 0.15) is 5.35 Å². The zero-order valence-electron chi connectivity index (χ0n) is 14.7. The summed E-state index contributed by atoms with van der Waals surface area (Å²) in [6.07, 6.45) is 5.49. The number of imidazole rings is 1. The molecule has 2 heterocycles. The molecule has 0 saturated carbocycles. The highest BCUT2D eigenvalue weighted by atomic mass is 16.5. The van der Waals surface area contributed by atoms with E-state index in [0.29, 0.717) is 28.4 Å². The van der Waals surface area contributed by atoms with Crippen molar-refractivity contribution in [1.82, 2.24) is 19.6 Å². The fourth-order valence-corrected chi connectivity index (χ4v) is 3.11. The van der Waals surface area contributed by atoms with E-state index < -0.39 is 0 Å². The molecule has 8 heteroatoms. The Bertz CT molecular complexity index is 1150. The van der Waals surface area contributed by atoms with Gasteiger partial charge in [0.25, 0.3) is 5.56 Å². The molecular formula is C18H18N4O4. The second-order valence-electron chi connectivity index (χ2n) is 5.86. The molecule has 0 fully saturated rings. The van der Waals surface area contributed by atoms with E-state index in [0.717, 1.165) is 29.4 Å². The van der Waals surface area contributed by atoms with Crippen molar-refractivity contribution in [3.63, 3.8) is 0 Å². The first-order valence-corrected chi connectivity index (χ1v) is 8.14. The molecule has 0 spiro atoms. The third kappa shape index (κ3) is 2.50. The Balaban J connectivity index is 1.96. The topological polar surface area (TPSA) is 90.7 Å². The number of nitrogens with one attached hydrogen (secondary N) is 1. The zero-order chi connectivity index (χ0) is 18.3. The molecule has 3 aromatic rings. The summed E-state index contributed by atoms with van der Waals surface area (Å²) < 4.78 is 17.6. The summed E-state index contributed by atoms with van der Waals surface area (Å²) in [7, 11) is 4.64. The highest BCUT2D eigenvalue weighted by molar-refractivity contribution is 5.62. The minimum atomic E-state index is -0.262. The molecule has 0 atom stereocenters. The zero-order valence-corrected chi connectivity index (χ0v) is 14.7. The lowest BCUT2D eigenvalue weighted by atomic mass is 10.1. The quantitative estimate of drug-likeness (QED) is 0.709. The van der Waals surface area contributed by atoms with Crippen molar-refractivity contribution in [3.05, 3.63) is 44.4 Å². The highest BCUT2D eigenvalue weighted by Gasteiger charge is 2.14. The molecule has 1 aliphatic carbocycles. The van der Waals surface area contributed by atoms with Crippen molar-refractivity contribution >= 4 is 17.9 Å². The molecule has 1 aliphatic rings. The van der Waals surface area contributed by atoms with Gasteiger partial charge in [0.2, 0.25) is 11.5 Å². The van der Waals surface area contributed by atoms with E-state index in [2.05, 4.69) is 15.1 Å². The molecule has 0 radical (unpaired) electrons. The second-order valence-corrected chi connectivity index (χ2v) is 5.86. The summed E-state index contributed by atoms with van der Waals surface area (Å²) in [5, 5.41) is 5.79. The minimum Gasteiger partial charge on any atom is -0.493 e. The summed E-state index contributed by atoms with van der Waals surface area (Å²) in [6.45, 7) is 0. The van der Waals surface area contributed by atoms with E-state index in [1.165, 1.54) is 0 Å². The number of methoxy groups -OCH3 is 3. The standard InChI is InChI=1S/C18H18N4O4/c1-24-14-8-10(9-15(25-2)16(14)26-3)7-13-17(23)20-18-19-11-5-4-6-12(11)21-22(13)18/h5,7-9H,4,6H2,1-3H3,(H,19,20,23)/b13-7-. The predicted molar refractivity (Wildman–Crippen MR) is 95.3 cm³/mol. The molecule has 1 N–H and O–H groups in total. The molecule has 1 aromatic carbocycles. The van der Waals surface area contributed by atoms with Gasteiger partial charge >= 0.3 is 0 Å². The largest absolute Gasteiger partial charge is 0.493 e. The Morgan fingerprint density at radius 2 is 1.88 bits per heavy atom. The smallest absolute Gasteiger partial charge is 0.276 e. The predicted octanol–water partition coefficient (Wildman–Crippen LogP) is -0.00110. The van der Waals surface area contributed by atoms with Crippen LogP contribution in [-0.2, 0) is 6.42 Å². The molecule has 8 nitrogen and oxygen atoms in total. The van der Waals surface area contributed by atoms with Crippen molar-refractivity contribution in [2.45, 2.75) is 12.8 Å². The number of H-pyrrole nitrogens is 1. The summed E-state index contributed by atoms with van der Waals surface area (Å²) >= 11 is 0. The fraction of sp³-hybridized carbons (Fsp3) is 0.278. The number of aromatic amines is 1. The van der Waals surface area contributed by atoms with Crippen molar-refractivity contribution < 1.29 is 14.2 Å². The van der Waals surface area contributed by atoms with E-state index in [1.54, 1.807) is 44.1 Å². The molecule has 0 bridgehead atoms. The Morgan fingerprint density at radius 1 is 1.15 bits per heavy atom. The van der Waals surface area contributed by atoms with Crippen LogP contribution in [0.25, 0.3) is 17.9 Å². The van der Waals surface area contributed by atoms with E-state index in [4.69, 9.17) is 14.2 Å². The van der Waals surface area contributed by atoms with Gasteiger partial charge in [-0.1, -0.05) is 6.08 Å². The maximum atomic E-state index is 12.4. The monoisotopic (exact) mass is 354 g/mol. The van der Waals surface area contributed by atoms with Gasteiger partial charge in [-0.25, -0.2) is 4.98 Å². The van der Waals surface area contributed by atoms with Crippen LogP contribution in [0.5, 0.6) is 17.2 Å². The Morgan fingerprint density at radius 3 is 2.54 bits per heavy atom. The molecule has 0 unspecified atom stereocenters. The highest BCUT2D eigenvalue weighted by Crippen LogP contribution is 2.38. The van der Waals surface area contributed by atoms with Gasteiger partial charge in [-0.15, -0.1) is 0 Å². The van der Waals surface area contributed by atoms with Crippen molar-refractivity contribution in [3.8, 4) is 17.2 Å². The number of nitrogens with zero attached hydrogens (tertiary/aromatic N) is 3. The van der Waals surface area contributed by atoms with Gasteiger partial charge in [-0.3, -0.25) is 9.78 Å². The third-order valence-corrected chi connectivity index (χ3v) is 4.34. The first-order valence-electron chi connectivity index (χ1n) is 8.14. The van der Waals surface area contributed by atoms with Crippen LogP contribution in [0.2, 0.25) is 0 Å².